The van der Waals surface area contributed by atoms with Gasteiger partial charge in [-0.3, -0.25) is 0 Å². The molecule has 1 atom stereocenters. The van der Waals surface area contributed by atoms with E-state index >= 15 is 0 Å². The first kappa shape index (κ1) is 14.9. The number of alkyl halides is 3. The van der Waals surface area contributed by atoms with Crippen LogP contribution in [0.25, 0.3) is 0 Å². The zero-order chi connectivity index (χ0) is 14.8. The minimum atomic E-state index is -4.71. The molecule has 0 bridgehead atoms. The van der Waals surface area contributed by atoms with Gasteiger partial charge < -0.3 is 10.1 Å². The normalized spacial score (nSPS) is 21.1. The lowest BCUT2D eigenvalue weighted by Gasteiger charge is -2.11. The number of halogens is 3. The zero-order valence-corrected chi connectivity index (χ0v) is 11.0. The summed E-state index contributed by atoms with van der Waals surface area (Å²) >= 11 is 0. The minimum absolute atomic E-state index is 0.00225. The van der Waals surface area contributed by atoms with Gasteiger partial charge in [0.05, 0.1) is 5.75 Å². The highest BCUT2D eigenvalue weighted by molar-refractivity contribution is 7.94. The maximum atomic E-state index is 12.0. The van der Waals surface area contributed by atoms with E-state index in [2.05, 4.69) is 10.1 Å². The maximum Gasteiger partial charge on any atom is 0.573 e. The summed E-state index contributed by atoms with van der Waals surface area (Å²) in [5.41, 5.74) is 0.734. The summed E-state index contributed by atoms with van der Waals surface area (Å²) in [7, 11) is -3.11. The molecule has 1 aromatic rings. The van der Waals surface area contributed by atoms with Crippen molar-refractivity contribution in [3.05, 3.63) is 41.3 Å². The fraction of sp³-hybridized carbons (Fsp3) is 0.333. The molecule has 1 aromatic carbocycles. The topological polar surface area (TPSA) is 55.4 Å². The smallest absolute Gasteiger partial charge is 0.406 e. The molecule has 0 saturated carbocycles. The Labute approximate surface area is 114 Å². The van der Waals surface area contributed by atoms with Gasteiger partial charge in [-0.2, -0.15) is 0 Å². The van der Waals surface area contributed by atoms with E-state index in [-0.39, 0.29) is 17.5 Å². The zero-order valence-electron chi connectivity index (χ0n) is 10.2. The number of rotatable bonds is 4. The molecule has 20 heavy (non-hydrogen) atoms. The largest absolute Gasteiger partial charge is 0.573 e. The molecular weight excluding hydrogens is 295 g/mol. The van der Waals surface area contributed by atoms with Crippen LogP contribution in [0.5, 0.6) is 5.75 Å². The molecule has 8 heteroatoms. The van der Waals surface area contributed by atoms with Gasteiger partial charge in [-0.15, -0.1) is 13.2 Å². The second kappa shape index (κ2) is 5.45. The van der Waals surface area contributed by atoms with Crippen molar-refractivity contribution in [2.75, 3.05) is 5.75 Å². The van der Waals surface area contributed by atoms with Gasteiger partial charge >= 0.3 is 6.36 Å². The number of ether oxygens (including phenoxy) is 1. The van der Waals surface area contributed by atoms with Crippen LogP contribution in [0.15, 0.2) is 35.7 Å². The van der Waals surface area contributed by atoms with E-state index in [1.807, 2.05) is 0 Å². The summed E-state index contributed by atoms with van der Waals surface area (Å²) in [6.45, 7) is 0.358. The molecule has 0 fully saturated rings. The fourth-order valence-corrected chi connectivity index (χ4v) is 3.03. The van der Waals surface area contributed by atoms with Crippen LogP contribution in [0.1, 0.15) is 5.56 Å². The molecule has 1 N–H and O–H groups in total. The molecule has 4 nitrogen and oxygen atoms in total. The van der Waals surface area contributed by atoms with Crippen LogP contribution in [0.4, 0.5) is 13.2 Å². The Morgan fingerprint density at radius 1 is 1.25 bits per heavy atom. The van der Waals surface area contributed by atoms with Crippen molar-refractivity contribution in [2.24, 2.45) is 0 Å². The molecule has 1 unspecified atom stereocenters. The van der Waals surface area contributed by atoms with Crippen molar-refractivity contribution in [3.63, 3.8) is 0 Å². The van der Waals surface area contributed by atoms with E-state index in [9.17, 15) is 21.6 Å². The molecular formula is C12H12F3NO3S. The maximum absolute atomic E-state index is 12.0. The van der Waals surface area contributed by atoms with E-state index in [0.717, 1.165) is 11.0 Å². The summed E-state index contributed by atoms with van der Waals surface area (Å²) in [5, 5.41) is 4.15. The van der Waals surface area contributed by atoms with Crippen molar-refractivity contribution in [1.82, 2.24) is 5.32 Å². The fourth-order valence-electron chi connectivity index (χ4n) is 1.76. The lowest BCUT2D eigenvalue weighted by molar-refractivity contribution is -0.274. The molecule has 0 spiro atoms. The van der Waals surface area contributed by atoms with Gasteiger partial charge in [-0.1, -0.05) is 18.2 Å². The Hall–Kier alpha value is -1.54. The van der Waals surface area contributed by atoms with E-state index in [1.54, 1.807) is 6.08 Å². The molecule has 1 heterocycles. The van der Waals surface area contributed by atoms with Gasteiger partial charge in [-0.05, 0) is 17.7 Å². The minimum Gasteiger partial charge on any atom is -0.406 e. The SMILES string of the molecule is O=S1(=O)C=CC(NCc2ccc(OC(F)(F)F)cc2)C1. The molecule has 110 valence electrons. The van der Waals surface area contributed by atoms with Crippen LogP contribution in [-0.4, -0.2) is 26.6 Å². The molecule has 0 aromatic heterocycles. The van der Waals surface area contributed by atoms with Crippen LogP contribution in [0.3, 0.4) is 0 Å². The number of benzene rings is 1. The highest BCUT2D eigenvalue weighted by atomic mass is 32.2. The van der Waals surface area contributed by atoms with Crippen LogP contribution < -0.4 is 10.1 Å². The van der Waals surface area contributed by atoms with E-state index in [1.165, 1.54) is 24.3 Å². The molecule has 0 radical (unpaired) electrons. The third-order valence-electron chi connectivity index (χ3n) is 2.66. The van der Waals surface area contributed by atoms with Gasteiger partial charge in [0.2, 0.25) is 0 Å². The Morgan fingerprint density at radius 2 is 1.90 bits per heavy atom. The predicted octanol–water partition coefficient (Wildman–Crippen LogP) is 1.99. The van der Waals surface area contributed by atoms with Crippen LogP contribution in [0.2, 0.25) is 0 Å². The standard InChI is InChI=1S/C12H12F3NO3S/c13-12(14,15)19-11-3-1-9(2-4-11)7-16-10-5-6-20(17,18)8-10/h1-6,10,16H,7-8H2. The second-order valence-corrected chi connectivity index (χ2v) is 6.27. The Bertz CT molecular complexity index is 593. The second-order valence-electron chi connectivity index (χ2n) is 4.34. The van der Waals surface area contributed by atoms with E-state index < -0.39 is 16.2 Å². The van der Waals surface area contributed by atoms with Gasteiger partial charge in [0, 0.05) is 18.0 Å². The van der Waals surface area contributed by atoms with Gasteiger partial charge in [0.15, 0.2) is 9.84 Å². The summed E-state index contributed by atoms with van der Waals surface area (Å²) in [5.74, 6) is -0.285. The van der Waals surface area contributed by atoms with Crippen molar-refractivity contribution in [3.8, 4) is 5.75 Å². The van der Waals surface area contributed by atoms with Gasteiger partial charge in [-0.25, -0.2) is 8.42 Å². The molecule has 1 aliphatic heterocycles. The lowest BCUT2D eigenvalue weighted by atomic mass is 10.2. The molecule has 1 aliphatic rings. The van der Waals surface area contributed by atoms with Crippen molar-refractivity contribution in [1.29, 1.82) is 0 Å². The van der Waals surface area contributed by atoms with E-state index in [4.69, 9.17) is 0 Å². The van der Waals surface area contributed by atoms with Crippen molar-refractivity contribution >= 4 is 9.84 Å². The Balaban J connectivity index is 1.87. The molecule has 0 saturated heterocycles. The predicted molar refractivity (Wildman–Crippen MR) is 66.7 cm³/mol. The van der Waals surface area contributed by atoms with E-state index in [0.29, 0.717) is 6.54 Å². The van der Waals surface area contributed by atoms with Gasteiger partial charge in [0.25, 0.3) is 0 Å². The van der Waals surface area contributed by atoms with Crippen LogP contribution in [0, 0.1) is 0 Å². The van der Waals surface area contributed by atoms with Crippen molar-refractivity contribution < 1.29 is 26.3 Å². The summed E-state index contributed by atoms with van der Waals surface area (Å²) in [6.07, 6.45) is -3.15. The van der Waals surface area contributed by atoms with Crippen LogP contribution >= 0.6 is 0 Å². The highest BCUT2D eigenvalue weighted by Crippen LogP contribution is 2.22. The Kier molecular flexibility index (Phi) is 4.05. The first-order chi connectivity index (χ1) is 9.23. The number of nitrogens with one attached hydrogen (secondary N) is 1. The number of sulfone groups is 1. The van der Waals surface area contributed by atoms with Crippen molar-refractivity contribution in [2.45, 2.75) is 18.9 Å². The third kappa shape index (κ3) is 4.53. The first-order valence-electron chi connectivity index (χ1n) is 5.72. The number of hydrogen-bond donors (Lipinski definition) is 1. The first-order valence-corrected chi connectivity index (χ1v) is 7.44. The van der Waals surface area contributed by atoms with Gasteiger partial charge in [0.1, 0.15) is 5.75 Å². The monoisotopic (exact) mass is 307 g/mol. The average Bonchev–Trinajstić information content (AvgIpc) is 2.66. The van der Waals surface area contributed by atoms with Crippen LogP contribution in [-0.2, 0) is 16.4 Å². The molecule has 2 rings (SSSR count). The Morgan fingerprint density at radius 3 is 2.40 bits per heavy atom. The summed E-state index contributed by atoms with van der Waals surface area (Å²) in [4.78, 5) is 0. The molecule has 0 aliphatic carbocycles. The lowest BCUT2D eigenvalue weighted by Crippen LogP contribution is -2.29. The number of hydrogen-bond acceptors (Lipinski definition) is 4. The highest BCUT2D eigenvalue weighted by Gasteiger charge is 2.30. The summed E-state index contributed by atoms with van der Waals surface area (Å²) in [6, 6.07) is 5.13. The quantitative estimate of drug-likeness (QED) is 0.924. The molecule has 0 amide bonds. The third-order valence-corrected chi connectivity index (χ3v) is 4.05. The summed E-state index contributed by atoms with van der Waals surface area (Å²) < 4.78 is 62.0. The average molecular weight is 307 g/mol.